The predicted octanol–water partition coefficient (Wildman–Crippen LogP) is 1.18. The Morgan fingerprint density at radius 1 is 1.30 bits per heavy atom. The van der Waals surface area contributed by atoms with Crippen LogP contribution in [-0.2, 0) is 4.74 Å². The summed E-state index contributed by atoms with van der Waals surface area (Å²) in [6.45, 7) is 4.45. The summed E-state index contributed by atoms with van der Waals surface area (Å²) in [5.41, 5.74) is 0. The lowest BCUT2D eigenvalue weighted by Crippen LogP contribution is -2.30. The zero-order valence-corrected chi connectivity index (χ0v) is 6.71. The van der Waals surface area contributed by atoms with Crippen LogP contribution in [0.2, 0.25) is 0 Å². The molecule has 1 rings (SSSR count). The molecular weight excluding hydrogens is 128 g/mol. The second kappa shape index (κ2) is 3.35. The van der Waals surface area contributed by atoms with E-state index in [-0.39, 0.29) is 0 Å². The monoisotopic (exact) mass is 144 g/mol. The summed E-state index contributed by atoms with van der Waals surface area (Å²) in [7, 11) is 0. The molecule has 0 aromatic heterocycles. The van der Waals surface area contributed by atoms with E-state index in [2.05, 4.69) is 13.8 Å². The summed E-state index contributed by atoms with van der Waals surface area (Å²) >= 11 is 0. The Labute approximate surface area is 62.2 Å². The second-order valence-electron chi connectivity index (χ2n) is 3.28. The van der Waals surface area contributed by atoms with E-state index in [9.17, 15) is 0 Å². The molecule has 0 radical (unpaired) electrons. The lowest BCUT2D eigenvalue weighted by atomic mass is 9.94. The molecule has 1 aliphatic rings. The van der Waals surface area contributed by atoms with Gasteiger partial charge >= 0.3 is 0 Å². The van der Waals surface area contributed by atoms with E-state index in [4.69, 9.17) is 9.84 Å². The maximum absolute atomic E-state index is 8.87. The number of aliphatic hydroxyl groups is 1. The Morgan fingerprint density at radius 3 is 2.20 bits per heavy atom. The van der Waals surface area contributed by atoms with Gasteiger partial charge in [-0.1, -0.05) is 0 Å². The van der Waals surface area contributed by atoms with Crippen LogP contribution in [0.15, 0.2) is 0 Å². The first-order valence-corrected chi connectivity index (χ1v) is 3.98. The number of hydrogen-bond acceptors (Lipinski definition) is 2. The Balaban J connectivity index is 2.35. The highest BCUT2D eigenvalue weighted by Crippen LogP contribution is 2.23. The van der Waals surface area contributed by atoms with E-state index < -0.39 is 0 Å². The van der Waals surface area contributed by atoms with Crippen LogP contribution in [0.4, 0.5) is 0 Å². The van der Waals surface area contributed by atoms with Gasteiger partial charge in [-0.3, -0.25) is 0 Å². The molecule has 10 heavy (non-hydrogen) atoms. The summed E-state index contributed by atoms with van der Waals surface area (Å²) in [6, 6.07) is 0. The normalized spacial score (nSPS) is 41.7. The van der Waals surface area contributed by atoms with Gasteiger partial charge in [-0.15, -0.1) is 0 Å². The number of ether oxygens (including phenoxy) is 1. The Bertz CT molecular complexity index is 93.4. The Hall–Kier alpha value is -0.0800. The van der Waals surface area contributed by atoms with E-state index in [1.165, 1.54) is 0 Å². The van der Waals surface area contributed by atoms with Gasteiger partial charge in [0.15, 0.2) is 0 Å². The molecule has 0 unspecified atom stereocenters. The van der Waals surface area contributed by atoms with Crippen molar-refractivity contribution in [3.8, 4) is 0 Å². The smallest absolute Gasteiger partial charge is 0.0554 e. The van der Waals surface area contributed by atoms with Gasteiger partial charge in [0, 0.05) is 6.61 Å². The van der Waals surface area contributed by atoms with Gasteiger partial charge in [0.2, 0.25) is 0 Å². The summed E-state index contributed by atoms with van der Waals surface area (Å²) in [5, 5.41) is 8.87. The van der Waals surface area contributed by atoms with Gasteiger partial charge in [-0.25, -0.2) is 0 Å². The standard InChI is InChI=1S/C8H16O2/c1-6-3-8(5-9)4-7(2)10-6/h6-9H,3-5H2,1-2H3/t6-,7-/m0/s1. The quantitative estimate of drug-likeness (QED) is 0.599. The second-order valence-corrected chi connectivity index (χ2v) is 3.28. The number of hydrogen-bond donors (Lipinski definition) is 1. The lowest BCUT2D eigenvalue weighted by molar-refractivity contribution is -0.0612. The van der Waals surface area contributed by atoms with Crippen LogP contribution in [0.3, 0.4) is 0 Å². The largest absolute Gasteiger partial charge is 0.396 e. The van der Waals surface area contributed by atoms with Crippen molar-refractivity contribution in [2.45, 2.75) is 38.9 Å². The predicted molar refractivity (Wildman–Crippen MR) is 39.8 cm³/mol. The van der Waals surface area contributed by atoms with Crippen molar-refractivity contribution in [2.75, 3.05) is 6.61 Å². The van der Waals surface area contributed by atoms with Crippen LogP contribution in [0, 0.1) is 5.92 Å². The molecule has 0 aliphatic carbocycles. The van der Waals surface area contributed by atoms with Crippen LogP contribution in [-0.4, -0.2) is 23.9 Å². The molecule has 0 saturated carbocycles. The van der Waals surface area contributed by atoms with Gasteiger partial charge in [0.05, 0.1) is 12.2 Å². The molecule has 60 valence electrons. The topological polar surface area (TPSA) is 29.5 Å². The van der Waals surface area contributed by atoms with Crippen LogP contribution in [0.5, 0.6) is 0 Å². The van der Waals surface area contributed by atoms with Crippen molar-refractivity contribution < 1.29 is 9.84 Å². The molecule has 2 atom stereocenters. The van der Waals surface area contributed by atoms with Gasteiger partial charge in [0.25, 0.3) is 0 Å². The van der Waals surface area contributed by atoms with Crippen LogP contribution >= 0.6 is 0 Å². The Kier molecular flexibility index (Phi) is 2.69. The fourth-order valence-electron chi connectivity index (χ4n) is 1.69. The minimum absolute atomic E-state index is 0.318. The summed E-state index contributed by atoms with van der Waals surface area (Å²) in [5.74, 6) is 0.471. The molecule has 0 aromatic carbocycles. The lowest BCUT2D eigenvalue weighted by Gasteiger charge is -2.30. The number of aliphatic hydroxyl groups excluding tert-OH is 1. The third kappa shape index (κ3) is 1.96. The molecule has 1 fully saturated rings. The molecule has 0 bridgehead atoms. The van der Waals surface area contributed by atoms with Gasteiger partial charge in [-0.2, -0.15) is 0 Å². The van der Waals surface area contributed by atoms with Gasteiger partial charge in [-0.05, 0) is 32.6 Å². The van der Waals surface area contributed by atoms with E-state index in [1.807, 2.05) is 0 Å². The highest BCUT2D eigenvalue weighted by atomic mass is 16.5. The molecule has 0 aromatic rings. The van der Waals surface area contributed by atoms with Crippen LogP contribution in [0.1, 0.15) is 26.7 Å². The summed E-state index contributed by atoms with van der Waals surface area (Å²) in [4.78, 5) is 0. The third-order valence-electron chi connectivity index (χ3n) is 2.05. The van der Waals surface area contributed by atoms with Crippen molar-refractivity contribution >= 4 is 0 Å². The molecule has 1 N–H and O–H groups in total. The molecule has 0 amide bonds. The highest BCUT2D eigenvalue weighted by molar-refractivity contribution is 4.72. The molecule has 2 nitrogen and oxygen atoms in total. The first-order chi connectivity index (χ1) is 4.72. The van der Waals surface area contributed by atoms with Gasteiger partial charge in [0.1, 0.15) is 0 Å². The zero-order valence-electron chi connectivity index (χ0n) is 6.71. The molecule has 2 heteroatoms. The summed E-state index contributed by atoms with van der Waals surface area (Å²) in [6.07, 6.45) is 2.70. The van der Waals surface area contributed by atoms with Crippen molar-refractivity contribution in [3.63, 3.8) is 0 Å². The van der Waals surface area contributed by atoms with E-state index in [0.717, 1.165) is 12.8 Å². The first-order valence-electron chi connectivity index (χ1n) is 3.98. The molecule has 0 spiro atoms. The van der Waals surface area contributed by atoms with Crippen molar-refractivity contribution in [2.24, 2.45) is 5.92 Å². The van der Waals surface area contributed by atoms with Crippen molar-refractivity contribution in [3.05, 3.63) is 0 Å². The minimum Gasteiger partial charge on any atom is -0.396 e. The zero-order chi connectivity index (χ0) is 7.56. The molecule has 1 heterocycles. The number of rotatable bonds is 1. The third-order valence-corrected chi connectivity index (χ3v) is 2.05. The summed E-state index contributed by atoms with van der Waals surface area (Å²) < 4.78 is 5.51. The average molecular weight is 144 g/mol. The SMILES string of the molecule is C[C@H]1CC(CO)C[C@H](C)O1. The van der Waals surface area contributed by atoms with Crippen LogP contribution in [0.25, 0.3) is 0 Å². The van der Waals surface area contributed by atoms with Crippen molar-refractivity contribution in [1.82, 2.24) is 0 Å². The maximum atomic E-state index is 8.87. The Morgan fingerprint density at radius 2 is 1.80 bits per heavy atom. The fraction of sp³-hybridized carbons (Fsp3) is 1.00. The first kappa shape index (κ1) is 8.02. The van der Waals surface area contributed by atoms with E-state index >= 15 is 0 Å². The molecule has 1 aliphatic heterocycles. The maximum Gasteiger partial charge on any atom is 0.0554 e. The molecular formula is C8H16O2. The van der Waals surface area contributed by atoms with Crippen molar-refractivity contribution in [1.29, 1.82) is 0 Å². The average Bonchev–Trinajstić information content (AvgIpc) is 1.85. The molecule has 1 saturated heterocycles. The highest BCUT2D eigenvalue weighted by Gasteiger charge is 2.23. The van der Waals surface area contributed by atoms with E-state index in [1.54, 1.807) is 0 Å². The van der Waals surface area contributed by atoms with Crippen LogP contribution < -0.4 is 0 Å². The minimum atomic E-state index is 0.318. The van der Waals surface area contributed by atoms with Gasteiger partial charge < -0.3 is 9.84 Å². The fourth-order valence-corrected chi connectivity index (χ4v) is 1.69. The van der Waals surface area contributed by atoms with E-state index in [0.29, 0.717) is 24.7 Å².